The van der Waals surface area contributed by atoms with Gasteiger partial charge in [0.05, 0.1) is 0 Å². The number of furan rings is 1. The molecule has 1 N–H and O–H groups in total. The summed E-state index contributed by atoms with van der Waals surface area (Å²) in [5.74, 6) is 1.89. The van der Waals surface area contributed by atoms with E-state index in [0.29, 0.717) is 11.7 Å². The summed E-state index contributed by atoms with van der Waals surface area (Å²) in [5.41, 5.74) is 5.61. The molecule has 2 aliphatic carbocycles. The van der Waals surface area contributed by atoms with Crippen LogP contribution in [-0.4, -0.2) is 5.11 Å². The fourth-order valence-electron chi connectivity index (χ4n) is 4.44. The number of benzene rings is 1. The third kappa shape index (κ3) is 1.93. The minimum Gasteiger partial charge on any atom is -0.508 e. The summed E-state index contributed by atoms with van der Waals surface area (Å²) in [6.07, 6.45) is 5.99. The molecule has 0 radical (unpaired) electrons. The van der Waals surface area contributed by atoms with Crippen LogP contribution >= 0.6 is 0 Å². The van der Waals surface area contributed by atoms with Gasteiger partial charge in [-0.25, -0.2) is 0 Å². The maximum Gasteiger partial charge on any atom is 0.135 e. The van der Waals surface area contributed by atoms with Crippen LogP contribution in [0.2, 0.25) is 0 Å². The smallest absolute Gasteiger partial charge is 0.135 e. The van der Waals surface area contributed by atoms with Crippen LogP contribution in [-0.2, 0) is 0 Å². The van der Waals surface area contributed by atoms with Crippen molar-refractivity contribution < 1.29 is 9.52 Å². The number of allylic oxidation sites excluding steroid dienone is 2. The molecule has 1 atom stereocenters. The summed E-state index contributed by atoms with van der Waals surface area (Å²) >= 11 is 0. The molecular weight excluding hydrogens is 272 g/mol. The highest BCUT2D eigenvalue weighted by Gasteiger charge is 2.35. The van der Waals surface area contributed by atoms with Gasteiger partial charge < -0.3 is 9.52 Å². The average Bonchev–Trinajstić information content (AvgIpc) is 2.76. The fraction of sp³-hybridized carbons (Fsp3) is 0.500. The van der Waals surface area contributed by atoms with Crippen molar-refractivity contribution >= 4 is 16.5 Å². The van der Waals surface area contributed by atoms with Crippen molar-refractivity contribution in [3.8, 4) is 5.75 Å². The Hall–Kier alpha value is -1.70. The lowest BCUT2D eigenvalue weighted by Crippen LogP contribution is -2.20. The first-order chi connectivity index (χ1) is 10.5. The highest BCUT2D eigenvalue weighted by molar-refractivity contribution is 5.95. The van der Waals surface area contributed by atoms with Gasteiger partial charge in [0, 0.05) is 16.9 Å². The van der Waals surface area contributed by atoms with Crippen molar-refractivity contribution in [2.24, 2.45) is 5.41 Å². The lowest BCUT2D eigenvalue weighted by atomic mass is 9.70. The van der Waals surface area contributed by atoms with E-state index in [1.54, 1.807) is 11.6 Å². The van der Waals surface area contributed by atoms with Crippen molar-refractivity contribution in [2.75, 3.05) is 0 Å². The topological polar surface area (TPSA) is 33.4 Å². The zero-order valence-electron chi connectivity index (χ0n) is 13.7. The van der Waals surface area contributed by atoms with E-state index < -0.39 is 0 Å². The minimum absolute atomic E-state index is 0.287. The average molecular weight is 296 g/mol. The molecule has 0 amide bonds. The number of rotatable bonds is 0. The quantitative estimate of drug-likeness (QED) is 0.647. The van der Waals surface area contributed by atoms with Gasteiger partial charge >= 0.3 is 0 Å². The Balaban J connectivity index is 2.06. The molecule has 1 aromatic carbocycles. The molecule has 2 nitrogen and oxygen atoms in total. The van der Waals surface area contributed by atoms with Crippen LogP contribution in [0.4, 0.5) is 0 Å². The summed E-state index contributed by atoms with van der Waals surface area (Å²) in [4.78, 5) is 0. The van der Waals surface area contributed by atoms with E-state index >= 15 is 0 Å². The maximum atomic E-state index is 9.93. The number of aromatic hydroxyl groups is 1. The number of phenolic OH excluding ortho intramolecular Hbond substituents is 1. The predicted octanol–water partition coefficient (Wildman–Crippen LogP) is 6.00. The van der Waals surface area contributed by atoms with E-state index in [1.165, 1.54) is 30.4 Å². The molecule has 0 saturated carbocycles. The van der Waals surface area contributed by atoms with Crippen molar-refractivity contribution in [2.45, 2.75) is 58.8 Å². The fourth-order valence-corrected chi connectivity index (χ4v) is 4.44. The molecule has 0 spiro atoms. The summed E-state index contributed by atoms with van der Waals surface area (Å²) in [5, 5.41) is 11.0. The second kappa shape index (κ2) is 4.65. The molecule has 2 aliphatic rings. The van der Waals surface area contributed by atoms with Gasteiger partial charge in [-0.15, -0.1) is 0 Å². The Labute approximate surface area is 131 Å². The van der Waals surface area contributed by atoms with E-state index in [1.807, 2.05) is 12.1 Å². The van der Waals surface area contributed by atoms with Crippen molar-refractivity contribution in [3.05, 3.63) is 35.1 Å². The third-order valence-corrected chi connectivity index (χ3v) is 5.69. The van der Waals surface area contributed by atoms with Crippen molar-refractivity contribution in [1.29, 1.82) is 0 Å². The Kier molecular flexibility index (Phi) is 2.94. The first-order valence-corrected chi connectivity index (χ1v) is 8.45. The molecule has 22 heavy (non-hydrogen) atoms. The molecular formula is C20H24O2. The van der Waals surface area contributed by atoms with E-state index in [9.17, 15) is 5.11 Å². The number of hydrogen-bond acceptors (Lipinski definition) is 2. The molecule has 1 heterocycles. The first-order valence-electron chi connectivity index (χ1n) is 8.45. The van der Waals surface area contributed by atoms with Gasteiger partial charge in [-0.3, -0.25) is 0 Å². The standard InChI is InChI=1S/C20H24O2/c1-12-6-8-16-14(5-4-10-20(16,2)3)18-15-11-13(21)7-9-17(15)22-19(12)18/h7,9,11-12,21H,4-6,8,10H2,1-3H3. The van der Waals surface area contributed by atoms with Gasteiger partial charge in [-0.1, -0.05) is 26.3 Å². The number of phenols is 1. The van der Waals surface area contributed by atoms with Crippen molar-refractivity contribution in [1.82, 2.24) is 0 Å². The van der Waals surface area contributed by atoms with Crippen LogP contribution in [0.15, 0.2) is 28.2 Å². The van der Waals surface area contributed by atoms with Crippen LogP contribution in [0.1, 0.15) is 70.1 Å². The molecule has 0 bridgehead atoms. The number of hydrogen-bond donors (Lipinski definition) is 1. The Morgan fingerprint density at radius 3 is 2.86 bits per heavy atom. The highest BCUT2D eigenvalue weighted by Crippen LogP contribution is 2.52. The van der Waals surface area contributed by atoms with Crippen LogP contribution in [0.5, 0.6) is 5.75 Å². The normalized spacial score (nSPS) is 24.0. The second-order valence-electron chi connectivity index (χ2n) is 7.66. The Morgan fingerprint density at radius 1 is 1.23 bits per heavy atom. The van der Waals surface area contributed by atoms with Gasteiger partial charge in [0.25, 0.3) is 0 Å². The summed E-state index contributed by atoms with van der Waals surface area (Å²) < 4.78 is 6.21. The van der Waals surface area contributed by atoms with Gasteiger partial charge in [0.15, 0.2) is 0 Å². The Morgan fingerprint density at radius 2 is 2.05 bits per heavy atom. The predicted molar refractivity (Wildman–Crippen MR) is 90.1 cm³/mol. The zero-order valence-corrected chi connectivity index (χ0v) is 13.7. The Bertz CT molecular complexity index is 776. The molecule has 1 aromatic heterocycles. The third-order valence-electron chi connectivity index (χ3n) is 5.69. The summed E-state index contributed by atoms with van der Waals surface area (Å²) in [6, 6.07) is 5.50. The lowest BCUT2D eigenvalue weighted by molar-refractivity contribution is 0.364. The molecule has 116 valence electrons. The molecule has 1 unspecified atom stereocenters. The van der Waals surface area contributed by atoms with Crippen LogP contribution in [0, 0.1) is 5.41 Å². The van der Waals surface area contributed by atoms with Crippen LogP contribution in [0.3, 0.4) is 0 Å². The van der Waals surface area contributed by atoms with Gasteiger partial charge in [0.1, 0.15) is 17.1 Å². The van der Waals surface area contributed by atoms with E-state index in [4.69, 9.17) is 4.42 Å². The van der Waals surface area contributed by atoms with Gasteiger partial charge in [0.2, 0.25) is 0 Å². The van der Waals surface area contributed by atoms with Crippen molar-refractivity contribution in [3.63, 3.8) is 0 Å². The second-order valence-corrected chi connectivity index (χ2v) is 7.66. The van der Waals surface area contributed by atoms with E-state index in [0.717, 1.165) is 29.6 Å². The number of fused-ring (bicyclic) bond motifs is 4. The SMILES string of the molecule is CC1CCC2=C(CCCC2(C)C)c2c1oc1ccc(O)cc21. The van der Waals surface area contributed by atoms with E-state index in [2.05, 4.69) is 20.8 Å². The summed E-state index contributed by atoms with van der Waals surface area (Å²) in [6.45, 7) is 7.04. The molecule has 2 heteroatoms. The zero-order chi connectivity index (χ0) is 15.5. The minimum atomic E-state index is 0.287. The largest absolute Gasteiger partial charge is 0.508 e. The molecule has 0 aliphatic heterocycles. The lowest BCUT2D eigenvalue weighted by Gasteiger charge is -2.35. The van der Waals surface area contributed by atoms with Crippen LogP contribution < -0.4 is 0 Å². The molecule has 0 fully saturated rings. The first kappa shape index (κ1) is 13.9. The van der Waals surface area contributed by atoms with Gasteiger partial charge in [-0.05, 0) is 61.3 Å². The van der Waals surface area contributed by atoms with Gasteiger partial charge in [-0.2, -0.15) is 0 Å². The van der Waals surface area contributed by atoms with E-state index in [-0.39, 0.29) is 5.41 Å². The molecule has 4 rings (SSSR count). The highest BCUT2D eigenvalue weighted by atomic mass is 16.3. The monoisotopic (exact) mass is 296 g/mol. The summed E-state index contributed by atoms with van der Waals surface area (Å²) in [7, 11) is 0. The molecule has 2 aromatic rings. The van der Waals surface area contributed by atoms with Crippen LogP contribution in [0.25, 0.3) is 16.5 Å². The maximum absolute atomic E-state index is 9.93. The molecule has 0 saturated heterocycles.